The Balaban J connectivity index is 1.68. The van der Waals surface area contributed by atoms with Gasteiger partial charge in [-0.3, -0.25) is 10.1 Å². The van der Waals surface area contributed by atoms with Crippen LogP contribution in [0.15, 0.2) is 27.3 Å². The Morgan fingerprint density at radius 2 is 2.08 bits per heavy atom. The van der Waals surface area contributed by atoms with Gasteiger partial charge in [0.1, 0.15) is 5.76 Å². The van der Waals surface area contributed by atoms with E-state index in [1.54, 1.807) is 12.1 Å². The van der Waals surface area contributed by atoms with Crippen LogP contribution in [-0.2, 0) is 14.3 Å². The van der Waals surface area contributed by atoms with E-state index in [4.69, 9.17) is 9.15 Å². The highest BCUT2D eigenvalue weighted by molar-refractivity contribution is 9.10. The predicted molar refractivity (Wildman–Crippen MR) is 94.5 cm³/mol. The summed E-state index contributed by atoms with van der Waals surface area (Å²) in [4.78, 5) is 35.0. The molecule has 0 bridgehead atoms. The molecule has 1 fully saturated rings. The molecule has 0 radical (unpaired) electrons. The van der Waals surface area contributed by atoms with E-state index in [2.05, 4.69) is 33.5 Å². The van der Waals surface area contributed by atoms with Gasteiger partial charge in [-0.15, -0.1) is 0 Å². The first kappa shape index (κ1) is 19.2. The Morgan fingerprint density at radius 3 is 2.76 bits per heavy atom. The van der Waals surface area contributed by atoms with Crippen molar-refractivity contribution in [1.82, 2.24) is 10.6 Å². The maximum atomic E-state index is 11.8. The molecule has 1 aromatic heterocycles. The van der Waals surface area contributed by atoms with Crippen LogP contribution in [0.25, 0.3) is 6.08 Å². The molecule has 2 atom stereocenters. The zero-order chi connectivity index (χ0) is 18.2. The van der Waals surface area contributed by atoms with Crippen LogP contribution in [0.3, 0.4) is 0 Å². The number of hydrogen-bond acceptors (Lipinski definition) is 5. The van der Waals surface area contributed by atoms with Crippen molar-refractivity contribution >= 4 is 39.9 Å². The third-order valence-corrected chi connectivity index (χ3v) is 4.43. The Bertz CT molecular complexity index is 655. The normalized spacial score (nSPS) is 20.2. The molecule has 0 unspecified atom stereocenters. The van der Waals surface area contributed by atoms with Crippen LogP contribution in [-0.4, -0.2) is 30.6 Å². The Labute approximate surface area is 154 Å². The van der Waals surface area contributed by atoms with E-state index in [0.29, 0.717) is 16.3 Å². The number of halogens is 1. The molecule has 0 aliphatic heterocycles. The Morgan fingerprint density at radius 1 is 1.32 bits per heavy atom. The molecule has 1 aromatic rings. The molecule has 7 nitrogen and oxygen atoms in total. The van der Waals surface area contributed by atoms with Gasteiger partial charge in [0.25, 0.3) is 5.91 Å². The van der Waals surface area contributed by atoms with Gasteiger partial charge >= 0.3 is 12.0 Å². The average Bonchev–Trinajstić information content (AvgIpc) is 2.98. The molecule has 136 valence electrons. The van der Waals surface area contributed by atoms with E-state index in [-0.39, 0.29) is 6.04 Å². The molecule has 2 rings (SSSR count). The molecule has 2 N–H and O–H groups in total. The lowest BCUT2D eigenvalue weighted by molar-refractivity contribution is -0.143. The maximum absolute atomic E-state index is 11.8. The monoisotopic (exact) mass is 412 g/mol. The van der Waals surface area contributed by atoms with Crippen molar-refractivity contribution in [3.63, 3.8) is 0 Å². The molecule has 3 amide bonds. The second-order valence-corrected chi connectivity index (χ2v) is 6.75. The summed E-state index contributed by atoms with van der Waals surface area (Å²) in [6.45, 7) is 1.55. The van der Waals surface area contributed by atoms with Gasteiger partial charge in [0.05, 0.1) is 0 Å². The number of nitrogens with one attached hydrogen (secondary N) is 2. The van der Waals surface area contributed by atoms with Gasteiger partial charge in [0, 0.05) is 12.1 Å². The summed E-state index contributed by atoms with van der Waals surface area (Å²) >= 11 is 3.14. The van der Waals surface area contributed by atoms with Gasteiger partial charge < -0.3 is 14.5 Å². The van der Waals surface area contributed by atoms with E-state index in [9.17, 15) is 14.4 Å². The Kier molecular flexibility index (Phi) is 7.24. The number of carbonyl (C=O) groups excluding carboxylic acids is 3. The van der Waals surface area contributed by atoms with Crippen molar-refractivity contribution in [3.8, 4) is 0 Å². The third-order valence-electron chi connectivity index (χ3n) is 4.00. The lowest BCUT2D eigenvalue weighted by atomic mass is 9.86. The fourth-order valence-electron chi connectivity index (χ4n) is 2.65. The second kappa shape index (κ2) is 9.41. The van der Waals surface area contributed by atoms with Gasteiger partial charge in [-0.1, -0.05) is 19.8 Å². The number of amides is 3. The molecule has 1 aliphatic rings. The molecule has 1 saturated carbocycles. The van der Waals surface area contributed by atoms with E-state index in [1.165, 1.54) is 12.5 Å². The summed E-state index contributed by atoms with van der Waals surface area (Å²) in [6, 6.07) is 2.86. The molecule has 1 aliphatic carbocycles. The number of imide groups is 1. The van der Waals surface area contributed by atoms with Crippen LogP contribution >= 0.6 is 15.9 Å². The number of hydrogen-bond donors (Lipinski definition) is 2. The lowest BCUT2D eigenvalue weighted by Crippen LogP contribution is -2.48. The number of carbonyl (C=O) groups is 3. The van der Waals surface area contributed by atoms with E-state index in [1.807, 2.05) is 0 Å². The summed E-state index contributed by atoms with van der Waals surface area (Å²) in [5.41, 5.74) is 0. The quantitative estimate of drug-likeness (QED) is 0.572. The van der Waals surface area contributed by atoms with Crippen LogP contribution in [0.5, 0.6) is 0 Å². The van der Waals surface area contributed by atoms with E-state index in [0.717, 1.165) is 25.3 Å². The highest BCUT2D eigenvalue weighted by atomic mass is 79.9. The van der Waals surface area contributed by atoms with Crippen molar-refractivity contribution in [2.75, 3.05) is 6.61 Å². The molecular formula is C17H21BrN2O5. The second-order valence-electron chi connectivity index (χ2n) is 5.97. The average molecular weight is 413 g/mol. The number of ether oxygens (including phenoxy) is 1. The van der Waals surface area contributed by atoms with Gasteiger partial charge in [-0.2, -0.15) is 0 Å². The topological polar surface area (TPSA) is 97.6 Å². The molecule has 0 spiro atoms. The first-order valence-corrected chi connectivity index (χ1v) is 8.94. The van der Waals surface area contributed by atoms with Crippen molar-refractivity contribution in [1.29, 1.82) is 0 Å². The van der Waals surface area contributed by atoms with E-state index < -0.39 is 24.5 Å². The molecule has 8 heteroatoms. The summed E-state index contributed by atoms with van der Waals surface area (Å²) < 4.78 is 10.5. The van der Waals surface area contributed by atoms with Crippen molar-refractivity contribution < 1.29 is 23.5 Å². The minimum atomic E-state index is -0.705. The standard InChI is InChI=1S/C17H21BrN2O5/c1-11-4-2-3-5-13(11)19-17(23)20-15(21)10-24-16(22)9-7-12-6-8-14(18)25-12/h6-9,11,13H,2-5,10H2,1H3,(H2,19,20,21,23)/b9-7+/t11-,13-/m0/s1. The van der Waals surface area contributed by atoms with Gasteiger partial charge in [0.15, 0.2) is 11.3 Å². The third kappa shape index (κ3) is 6.74. The SMILES string of the molecule is C[C@H]1CCCC[C@@H]1NC(=O)NC(=O)COC(=O)/C=C/c1ccc(Br)o1. The number of rotatable bonds is 5. The Hall–Kier alpha value is -2.09. The highest BCUT2D eigenvalue weighted by Crippen LogP contribution is 2.23. The van der Waals surface area contributed by atoms with E-state index >= 15 is 0 Å². The smallest absolute Gasteiger partial charge is 0.331 e. The summed E-state index contributed by atoms with van der Waals surface area (Å²) in [7, 11) is 0. The minimum Gasteiger partial charge on any atom is -0.452 e. The zero-order valence-electron chi connectivity index (χ0n) is 13.9. The predicted octanol–water partition coefficient (Wildman–Crippen LogP) is 3.00. The number of esters is 1. The number of furan rings is 1. The minimum absolute atomic E-state index is 0.0691. The summed E-state index contributed by atoms with van der Waals surface area (Å²) in [5.74, 6) is -0.527. The summed E-state index contributed by atoms with van der Waals surface area (Å²) in [5, 5.41) is 4.96. The summed E-state index contributed by atoms with van der Waals surface area (Å²) in [6.07, 6.45) is 6.77. The van der Waals surface area contributed by atoms with Crippen molar-refractivity contribution in [3.05, 3.63) is 28.6 Å². The first-order chi connectivity index (χ1) is 11.9. The van der Waals surface area contributed by atoms with Crippen molar-refractivity contribution in [2.45, 2.75) is 38.6 Å². The first-order valence-electron chi connectivity index (χ1n) is 8.14. The fraction of sp³-hybridized carbons (Fsp3) is 0.471. The molecule has 0 saturated heterocycles. The van der Waals surface area contributed by atoms with Crippen LogP contribution in [0, 0.1) is 5.92 Å². The molecule has 1 heterocycles. The van der Waals surface area contributed by atoms with Crippen LogP contribution in [0.1, 0.15) is 38.4 Å². The molecule has 25 heavy (non-hydrogen) atoms. The molecule has 0 aromatic carbocycles. The zero-order valence-corrected chi connectivity index (χ0v) is 15.5. The van der Waals surface area contributed by atoms with Crippen LogP contribution < -0.4 is 10.6 Å². The highest BCUT2D eigenvalue weighted by Gasteiger charge is 2.23. The van der Waals surface area contributed by atoms with Crippen LogP contribution in [0.2, 0.25) is 0 Å². The van der Waals surface area contributed by atoms with Crippen molar-refractivity contribution in [2.24, 2.45) is 5.92 Å². The largest absolute Gasteiger partial charge is 0.452 e. The van der Waals surface area contributed by atoms with Crippen LogP contribution in [0.4, 0.5) is 4.79 Å². The maximum Gasteiger partial charge on any atom is 0.331 e. The molecular weight excluding hydrogens is 392 g/mol. The fourth-order valence-corrected chi connectivity index (χ4v) is 2.97. The lowest BCUT2D eigenvalue weighted by Gasteiger charge is -2.29. The van der Waals surface area contributed by atoms with Gasteiger partial charge in [-0.05, 0) is 52.9 Å². The van der Waals surface area contributed by atoms with Gasteiger partial charge in [-0.25, -0.2) is 9.59 Å². The number of urea groups is 1. The van der Waals surface area contributed by atoms with Gasteiger partial charge in [0.2, 0.25) is 0 Å².